The Labute approximate surface area is 140 Å². The molecule has 8 heteroatoms. The van der Waals surface area contributed by atoms with Crippen LogP contribution in [0.4, 0.5) is 4.39 Å². The van der Waals surface area contributed by atoms with Crippen LogP contribution in [0.15, 0.2) is 29.6 Å². The largest absolute Gasteiger partial charge is 0.479 e. The van der Waals surface area contributed by atoms with E-state index >= 15 is 0 Å². The highest BCUT2D eigenvalue weighted by atomic mass is 35.5. The van der Waals surface area contributed by atoms with Gasteiger partial charge in [-0.1, -0.05) is 29.8 Å². The highest BCUT2D eigenvalue weighted by molar-refractivity contribution is 7.13. The summed E-state index contributed by atoms with van der Waals surface area (Å²) in [5.74, 6) is -2.01. The number of carboxylic acid groups (broad SMARTS) is 1. The summed E-state index contributed by atoms with van der Waals surface area (Å²) in [6.45, 7) is -0.402. The average Bonchev–Trinajstić information content (AvgIpc) is 3.15. The molecule has 3 rings (SSSR count). The van der Waals surface area contributed by atoms with E-state index in [4.69, 9.17) is 16.7 Å². The average molecular weight is 355 g/mol. The second kappa shape index (κ2) is 5.90. The minimum absolute atomic E-state index is 0.0561. The van der Waals surface area contributed by atoms with Crippen LogP contribution in [0, 0.1) is 0 Å². The monoisotopic (exact) mass is 354 g/mol. The fourth-order valence-electron chi connectivity index (χ4n) is 2.41. The molecule has 120 valence electrons. The minimum atomic E-state index is -2.38. The van der Waals surface area contributed by atoms with Gasteiger partial charge in [-0.15, -0.1) is 11.3 Å². The Morgan fingerprint density at radius 3 is 2.78 bits per heavy atom. The predicted molar refractivity (Wildman–Crippen MR) is 84.6 cm³/mol. The second-order valence-electron chi connectivity index (χ2n) is 5.26. The van der Waals surface area contributed by atoms with Crippen LogP contribution in [0.2, 0.25) is 5.02 Å². The van der Waals surface area contributed by atoms with Crippen LogP contribution in [0.3, 0.4) is 0 Å². The molecule has 1 unspecified atom stereocenters. The normalized spacial score (nSPS) is 20.7. The predicted octanol–water partition coefficient (Wildman–Crippen LogP) is 3.10. The molecule has 23 heavy (non-hydrogen) atoms. The van der Waals surface area contributed by atoms with Crippen LogP contribution < -0.4 is 0 Å². The van der Waals surface area contributed by atoms with E-state index in [1.807, 2.05) is 6.07 Å². The molecule has 1 aromatic carbocycles. The molecule has 1 aliphatic heterocycles. The van der Waals surface area contributed by atoms with Crippen LogP contribution >= 0.6 is 22.9 Å². The minimum Gasteiger partial charge on any atom is -0.479 e. The lowest BCUT2D eigenvalue weighted by Crippen LogP contribution is -2.39. The lowest BCUT2D eigenvalue weighted by atomic mass is 10.1. The summed E-state index contributed by atoms with van der Waals surface area (Å²) in [5, 5.41) is 11.6. The molecule has 0 saturated carbocycles. The zero-order chi connectivity index (χ0) is 16.6. The number of hydrogen-bond acceptors (Lipinski definition) is 4. The Bertz CT molecular complexity index is 782. The Morgan fingerprint density at radius 2 is 2.13 bits per heavy atom. The van der Waals surface area contributed by atoms with Crippen LogP contribution in [0.5, 0.6) is 0 Å². The first-order valence-corrected chi connectivity index (χ1v) is 8.08. The molecule has 0 radical (unpaired) electrons. The Morgan fingerprint density at radius 1 is 1.39 bits per heavy atom. The molecular weight excluding hydrogens is 343 g/mol. The third-order valence-corrected chi connectivity index (χ3v) is 4.92. The molecule has 5 nitrogen and oxygen atoms in total. The number of nitrogens with zero attached hydrogens (tertiary/aromatic N) is 2. The van der Waals surface area contributed by atoms with Crippen molar-refractivity contribution in [3.63, 3.8) is 0 Å². The zero-order valence-corrected chi connectivity index (χ0v) is 13.4. The van der Waals surface area contributed by atoms with E-state index < -0.39 is 24.1 Å². The molecular formula is C15H12ClFN2O3S. The molecule has 1 aliphatic rings. The van der Waals surface area contributed by atoms with E-state index in [2.05, 4.69) is 4.98 Å². The SMILES string of the molecule is O=C(c1csc(-c2ccccc2Cl)n1)N1CCC(F)(C(=O)O)C1. The maximum absolute atomic E-state index is 14.1. The third-order valence-electron chi connectivity index (χ3n) is 3.72. The van der Waals surface area contributed by atoms with Crippen molar-refractivity contribution < 1.29 is 19.1 Å². The lowest BCUT2D eigenvalue weighted by Gasteiger charge is -2.16. The number of rotatable bonds is 3. The topological polar surface area (TPSA) is 70.5 Å². The van der Waals surface area contributed by atoms with Gasteiger partial charge in [-0.3, -0.25) is 4.79 Å². The zero-order valence-electron chi connectivity index (χ0n) is 11.8. The summed E-state index contributed by atoms with van der Waals surface area (Å²) in [6, 6.07) is 7.13. The molecule has 0 bridgehead atoms. The number of aromatic nitrogens is 1. The van der Waals surface area contributed by atoms with Gasteiger partial charge in [-0.25, -0.2) is 14.2 Å². The van der Waals surface area contributed by atoms with Crippen LogP contribution in [0.25, 0.3) is 10.6 Å². The van der Waals surface area contributed by atoms with Crippen molar-refractivity contribution in [3.8, 4) is 10.6 Å². The van der Waals surface area contributed by atoms with Gasteiger partial charge in [0.15, 0.2) is 0 Å². The number of halogens is 2. The Kier molecular flexibility index (Phi) is 4.08. The lowest BCUT2D eigenvalue weighted by molar-refractivity contribution is -0.149. The Hall–Kier alpha value is -1.99. The van der Waals surface area contributed by atoms with Gasteiger partial charge in [0.2, 0.25) is 5.67 Å². The van der Waals surface area contributed by atoms with E-state index in [0.29, 0.717) is 15.6 Å². The van der Waals surface area contributed by atoms with Crippen molar-refractivity contribution in [1.82, 2.24) is 9.88 Å². The molecule has 0 spiro atoms. The van der Waals surface area contributed by atoms with Gasteiger partial charge < -0.3 is 10.0 Å². The summed E-state index contributed by atoms with van der Waals surface area (Å²) in [4.78, 5) is 28.7. The van der Waals surface area contributed by atoms with Gasteiger partial charge >= 0.3 is 5.97 Å². The van der Waals surface area contributed by atoms with E-state index in [0.717, 1.165) is 0 Å². The standard InChI is InChI=1S/C15H12ClFN2O3S/c16-10-4-2-1-3-9(10)12-18-11(7-23-12)13(20)19-6-5-15(17,8-19)14(21)22/h1-4,7H,5-6,8H2,(H,21,22). The first-order chi connectivity index (χ1) is 10.9. The summed E-state index contributed by atoms with van der Waals surface area (Å²) in [6.07, 6.45) is -0.213. The van der Waals surface area contributed by atoms with E-state index in [-0.39, 0.29) is 18.7 Å². The molecule has 2 aromatic rings. The molecule has 1 atom stereocenters. The van der Waals surface area contributed by atoms with Gasteiger partial charge in [0.05, 0.1) is 11.6 Å². The van der Waals surface area contributed by atoms with Crippen LogP contribution in [-0.4, -0.2) is 45.6 Å². The van der Waals surface area contributed by atoms with Crippen molar-refractivity contribution in [2.45, 2.75) is 12.1 Å². The molecule has 1 amide bonds. The van der Waals surface area contributed by atoms with Gasteiger partial charge in [-0.2, -0.15) is 0 Å². The van der Waals surface area contributed by atoms with E-state index in [9.17, 15) is 14.0 Å². The number of carboxylic acids is 1. The third kappa shape index (κ3) is 2.94. The van der Waals surface area contributed by atoms with Crippen molar-refractivity contribution in [2.24, 2.45) is 0 Å². The number of amides is 1. The molecule has 1 saturated heterocycles. The summed E-state index contributed by atoms with van der Waals surface area (Å²) in [7, 11) is 0. The highest BCUT2D eigenvalue weighted by Crippen LogP contribution is 2.31. The maximum Gasteiger partial charge on any atom is 0.343 e. The number of hydrogen-bond donors (Lipinski definition) is 1. The van der Waals surface area contributed by atoms with Crippen molar-refractivity contribution >= 4 is 34.8 Å². The number of carbonyl (C=O) groups is 2. The number of benzene rings is 1. The first kappa shape index (κ1) is 15.9. The second-order valence-corrected chi connectivity index (χ2v) is 6.53. The number of likely N-dealkylation sites (tertiary alicyclic amines) is 1. The molecule has 0 aliphatic carbocycles. The smallest absolute Gasteiger partial charge is 0.343 e. The number of alkyl halides is 1. The van der Waals surface area contributed by atoms with Gasteiger partial charge in [0.1, 0.15) is 10.7 Å². The number of aliphatic carboxylic acids is 1. The van der Waals surface area contributed by atoms with Gasteiger partial charge in [-0.05, 0) is 6.07 Å². The summed E-state index contributed by atoms with van der Waals surface area (Å²) >= 11 is 7.36. The fraction of sp³-hybridized carbons (Fsp3) is 0.267. The molecule has 1 N–H and O–H groups in total. The van der Waals surface area contributed by atoms with E-state index in [1.165, 1.54) is 16.2 Å². The van der Waals surface area contributed by atoms with Crippen molar-refractivity contribution in [3.05, 3.63) is 40.4 Å². The maximum atomic E-state index is 14.1. The van der Waals surface area contributed by atoms with Gasteiger partial charge in [0, 0.05) is 23.9 Å². The fourth-order valence-corrected chi connectivity index (χ4v) is 3.53. The summed E-state index contributed by atoms with van der Waals surface area (Å²) in [5.41, 5.74) is -1.50. The quantitative estimate of drug-likeness (QED) is 0.919. The van der Waals surface area contributed by atoms with Crippen LogP contribution in [-0.2, 0) is 4.79 Å². The molecule has 1 fully saturated rings. The summed E-state index contributed by atoms with van der Waals surface area (Å²) < 4.78 is 14.1. The number of carbonyl (C=O) groups excluding carboxylic acids is 1. The molecule has 1 aromatic heterocycles. The molecule has 2 heterocycles. The van der Waals surface area contributed by atoms with E-state index in [1.54, 1.807) is 23.6 Å². The van der Waals surface area contributed by atoms with Gasteiger partial charge in [0.25, 0.3) is 5.91 Å². The highest BCUT2D eigenvalue weighted by Gasteiger charge is 2.47. The van der Waals surface area contributed by atoms with Crippen molar-refractivity contribution in [1.29, 1.82) is 0 Å². The van der Waals surface area contributed by atoms with Crippen LogP contribution in [0.1, 0.15) is 16.9 Å². The Balaban J connectivity index is 1.80. The first-order valence-electron chi connectivity index (χ1n) is 6.83. The van der Waals surface area contributed by atoms with Crippen molar-refractivity contribution in [2.75, 3.05) is 13.1 Å². The number of thiazole rings is 1.